The number of hydrogen-bond donors (Lipinski definition) is 1. The van der Waals surface area contributed by atoms with Crippen molar-refractivity contribution in [2.75, 3.05) is 31.1 Å². The molecule has 0 aliphatic carbocycles. The molecule has 0 aromatic carbocycles. The summed E-state index contributed by atoms with van der Waals surface area (Å²) in [4.78, 5) is 13.1. The van der Waals surface area contributed by atoms with Gasteiger partial charge in [0.05, 0.1) is 5.92 Å². The van der Waals surface area contributed by atoms with Gasteiger partial charge in [-0.3, -0.25) is 4.79 Å². The highest BCUT2D eigenvalue weighted by Crippen LogP contribution is 2.16. The van der Waals surface area contributed by atoms with E-state index in [0.717, 1.165) is 44.0 Å². The van der Waals surface area contributed by atoms with Crippen molar-refractivity contribution in [3.63, 3.8) is 0 Å². The molecule has 86 valence electrons. The third-order valence-corrected chi connectivity index (χ3v) is 3.58. The van der Waals surface area contributed by atoms with E-state index in [0.29, 0.717) is 0 Å². The highest BCUT2D eigenvalue weighted by molar-refractivity contribution is 7.99. The van der Waals surface area contributed by atoms with Gasteiger partial charge in [0.1, 0.15) is 0 Å². The molecule has 1 heterocycles. The van der Waals surface area contributed by atoms with Gasteiger partial charge in [0.25, 0.3) is 0 Å². The molecule has 1 fully saturated rings. The number of nitrogens with zero attached hydrogens (tertiary/aromatic N) is 1. The number of hydrogen-bond acceptors (Lipinski definition) is 3. The Balaban J connectivity index is 2.18. The predicted octanol–water partition coefficient (Wildman–Crippen LogP) is 1.70. The number of piperidine rings is 1. The summed E-state index contributed by atoms with van der Waals surface area (Å²) in [6, 6.07) is 0. The van der Waals surface area contributed by atoms with Crippen LogP contribution in [0.1, 0.15) is 12.8 Å². The normalized spacial score (nSPS) is 22.5. The van der Waals surface area contributed by atoms with Crippen LogP contribution in [0.15, 0.2) is 12.7 Å². The summed E-state index contributed by atoms with van der Waals surface area (Å²) in [5.41, 5.74) is 0. The van der Waals surface area contributed by atoms with E-state index in [1.54, 1.807) is 0 Å². The largest absolute Gasteiger partial charge is 0.481 e. The summed E-state index contributed by atoms with van der Waals surface area (Å²) in [6.07, 6.45) is 3.76. The van der Waals surface area contributed by atoms with Crippen molar-refractivity contribution in [3.8, 4) is 0 Å². The van der Waals surface area contributed by atoms with Crippen LogP contribution in [-0.2, 0) is 4.79 Å². The molecule has 1 N–H and O–H groups in total. The molecule has 15 heavy (non-hydrogen) atoms. The van der Waals surface area contributed by atoms with Crippen molar-refractivity contribution in [1.29, 1.82) is 0 Å². The Hall–Kier alpha value is -0.480. The topological polar surface area (TPSA) is 40.5 Å². The number of thioether (sulfide) groups is 1. The molecule has 0 aromatic rings. The summed E-state index contributed by atoms with van der Waals surface area (Å²) >= 11 is 1.85. The van der Waals surface area contributed by atoms with E-state index in [1.807, 2.05) is 17.8 Å². The smallest absolute Gasteiger partial charge is 0.307 e. The summed E-state index contributed by atoms with van der Waals surface area (Å²) in [6.45, 7) is 6.45. The van der Waals surface area contributed by atoms with Crippen molar-refractivity contribution < 1.29 is 9.90 Å². The first-order chi connectivity index (χ1) is 7.24. The molecule has 4 heteroatoms. The lowest BCUT2D eigenvalue weighted by Gasteiger charge is -2.30. The zero-order chi connectivity index (χ0) is 11.1. The first-order valence-electron chi connectivity index (χ1n) is 5.38. The van der Waals surface area contributed by atoms with Gasteiger partial charge >= 0.3 is 5.97 Å². The fourth-order valence-corrected chi connectivity index (χ4v) is 2.54. The molecule has 0 saturated carbocycles. The van der Waals surface area contributed by atoms with Crippen LogP contribution < -0.4 is 0 Å². The lowest BCUT2D eigenvalue weighted by Crippen LogP contribution is -2.39. The Morgan fingerprint density at radius 3 is 3.13 bits per heavy atom. The number of carboxylic acid groups (broad SMARTS) is 1. The lowest BCUT2D eigenvalue weighted by atomic mass is 9.98. The highest BCUT2D eigenvalue weighted by Gasteiger charge is 2.24. The third-order valence-electron chi connectivity index (χ3n) is 2.64. The monoisotopic (exact) mass is 229 g/mol. The maximum Gasteiger partial charge on any atom is 0.307 e. The Morgan fingerprint density at radius 1 is 1.67 bits per heavy atom. The minimum atomic E-state index is -0.640. The van der Waals surface area contributed by atoms with E-state index in [-0.39, 0.29) is 5.92 Å². The lowest BCUT2D eigenvalue weighted by molar-refractivity contribution is -0.143. The Bertz CT molecular complexity index is 221. The molecule has 1 atom stereocenters. The van der Waals surface area contributed by atoms with Gasteiger partial charge in [-0.1, -0.05) is 6.08 Å². The minimum Gasteiger partial charge on any atom is -0.481 e. The van der Waals surface area contributed by atoms with Crippen LogP contribution in [0.4, 0.5) is 0 Å². The molecule has 1 unspecified atom stereocenters. The van der Waals surface area contributed by atoms with E-state index in [4.69, 9.17) is 5.11 Å². The van der Waals surface area contributed by atoms with Crippen LogP contribution in [0.3, 0.4) is 0 Å². The summed E-state index contributed by atoms with van der Waals surface area (Å²) in [7, 11) is 0. The Kier molecular flexibility index (Phi) is 5.79. The second kappa shape index (κ2) is 6.90. The molecule has 0 radical (unpaired) electrons. The van der Waals surface area contributed by atoms with Crippen LogP contribution >= 0.6 is 11.8 Å². The summed E-state index contributed by atoms with van der Waals surface area (Å²) in [5, 5.41) is 8.92. The fourth-order valence-electron chi connectivity index (χ4n) is 1.82. The fraction of sp³-hybridized carbons (Fsp3) is 0.727. The number of aliphatic carboxylic acids is 1. The average Bonchev–Trinajstić information content (AvgIpc) is 2.25. The van der Waals surface area contributed by atoms with E-state index in [2.05, 4.69) is 11.5 Å². The van der Waals surface area contributed by atoms with Gasteiger partial charge < -0.3 is 10.0 Å². The number of carboxylic acids is 1. The van der Waals surface area contributed by atoms with Gasteiger partial charge in [-0.25, -0.2) is 0 Å². The van der Waals surface area contributed by atoms with Gasteiger partial charge in [-0.15, -0.1) is 6.58 Å². The average molecular weight is 229 g/mol. The Labute approximate surface area is 95.5 Å². The first kappa shape index (κ1) is 12.6. The molecule has 0 aromatic heterocycles. The first-order valence-corrected chi connectivity index (χ1v) is 6.53. The van der Waals surface area contributed by atoms with Crippen molar-refractivity contribution in [1.82, 2.24) is 4.90 Å². The molecule has 1 saturated heterocycles. The number of carbonyl (C=O) groups is 1. The quantitative estimate of drug-likeness (QED) is 0.556. The molecule has 0 spiro atoms. The van der Waals surface area contributed by atoms with Crippen LogP contribution in [0, 0.1) is 5.92 Å². The van der Waals surface area contributed by atoms with Gasteiger partial charge in [0.2, 0.25) is 0 Å². The van der Waals surface area contributed by atoms with Crippen LogP contribution in [-0.4, -0.2) is 47.1 Å². The molecule has 0 amide bonds. The van der Waals surface area contributed by atoms with Crippen molar-refractivity contribution >= 4 is 17.7 Å². The van der Waals surface area contributed by atoms with E-state index < -0.39 is 5.97 Å². The van der Waals surface area contributed by atoms with Gasteiger partial charge in [-0.05, 0) is 19.4 Å². The maximum atomic E-state index is 10.8. The summed E-state index contributed by atoms with van der Waals surface area (Å²) in [5.74, 6) is 1.26. The van der Waals surface area contributed by atoms with E-state index >= 15 is 0 Å². The maximum absolute atomic E-state index is 10.8. The molecule has 3 nitrogen and oxygen atoms in total. The second-order valence-corrected chi connectivity index (χ2v) is 4.99. The van der Waals surface area contributed by atoms with Crippen molar-refractivity contribution in [2.24, 2.45) is 5.92 Å². The van der Waals surface area contributed by atoms with Crippen molar-refractivity contribution in [3.05, 3.63) is 12.7 Å². The second-order valence-electron chi connectivity index (χ2n) is 3.84. The van der Waals surface area contributed by atoms with Crippen LogP contribution in [0.2, 0.25) is 0 Å². The zero-order valence-electron chi connectivity index (χ0n) is 9.02. The molecule has 1 aliphatic rings. The number of rotatable bonds is 6. The third kappa shape index (κ3) is 4.71. The molecule has 1 rings (SSSR count). The van der Waals surface area contributed by atoms with Gasteiger partial charge in [-0.2, -0.15) is 11.8 Å². The Morgan fingerprint density at radius 2 is 2.47 bits per heavy atom. The van der Waals surface area contributed by atoms with Gasteiger partial charge in [0.15, 0.2) is 0 Å². The van der Waals surface area contributed by atoms with Crippen LogP contribution in [0.5, 0.6) is 0 Å². The zero-order valence-corrected chi connectivity index (χ0v) is 9.84. The SMILES string of the molecule is C=CCSCCN1CCCC(C(=O)O)C1. The minimum absolute atomic E-state index is 0.150. The number of likely N-dealkylation sites (tertiary alicyclic amines) is 1. The molecular weight excluding hydrogens is 210 g/mol. The molecule has 0 bridgehead atoms. The summed E-state index contributed by atoms with van der Waals surface area (Å²) < 4.78 is 0. The predicted molar refractivity (Wildman–Crippen MR) is 64.3 cm³/mol. The van der Waals surface area contributed by atoms with E-state index in [1.165, 1.54) is 0 Å². The standard InChI is InChI=1S/C11H19NO2S/c1-2-7-15-8-6-12-5-3-4-10(9-12)11(13)14/h2,10H,1,3-9H2,(H,13,14). The van der Waals surface area contributed by atoms with Gasteiger partial charge in [0, 0.05) is 24.6 Å². The highest BCUT2D eigenvalue weighted by atomic mass is 32.2. The van der Waals surface area contributed by atoms with E-state index in [9.17, 15) is 4.79 Å². The van der Waals surface area contributed by atoms with Crippen LogP contribution in [0.25, 0.3) is 0 Å². The van der Waals surface area contributed by atoms with Crippen molar-refractivity contribution in [2.45, 2.75) is 12.8 Å². The molecule has 1 aliphatic heterocycles. The molecular formula is C11H19NO2S.